The highest BCUT2D eigenvalue weighted by atomic mass is 79.9. The van der Waals surface area contributed by atoms with Gasteiger partial charge in [-0.25, -0.2) is 0 Å². The molecular formula is C9H11BrO. The van der Waals surface area contributed by atoms with Crippen molar-refractivity contribution in [3.63, 3.8) is 0 Å². The van der Waals surface area contributed by atoms with Gasteiger partial charge in [-0.15, -0.1) is 0 Å². The SMILES string of the molecule is CC(=CCCBr)c1ccco1. The fraction of sp³-hybridized carbons (Fsp3) is 0.333. The summed E-state index contributed by atoms with van der Waals surface area (Å²) in [4.78, 5) is 0. The van der Waals surface area contributed by atoms with Crippen LogP contribution in [0.3, 0.4) is 0 Å². The molecule has 0 saturated carbocycles. The molecule has 60 valence electrons. The molecule has 1 aromatic heterocycles. The third-order valence-corrected chi connectivity index (χ3v) is 1.93. The smallest absolute Gasteiger partial charge is 0.129 e. The molecule has 1 heterocycles. The first-order valence-corrected chi connectivity index (χ1v) is 4.73. The maximum atomic E-state index is 5.21. The first-order valence-electron chi connectivity index (χ1n) is 3.61. The summed E-state index contributed by atoms with van der Waals surface area (Å²) >= 11 is 3.37. The van der Waals surface area contributed by atoms with E-state index in [0.29, 0.717) is 0 Å². The predicted octanol–water partition coefficient (Wildman–Crippen LogP) is 3.47. The topological polar surface area (TPSA) is 13.1 Å². The van der Waals surface area contributed by atoms with Crippen LogP contribution in [0.25, 0.3) is 5.57 Å². The molecule has 0 spiro atoms. The van der Waals surface area contributed by atoms with Gasteiger partial charge in [0.25, 0.3) is 0 Å². The van der Waals surface area contributed by atoms with Crippen molar-refractivity contribution >= 4 is 21.5 Å². The summed E-state index contributed by atoms with van der Waals surface area (Å²) in [5.74, 6) is 0.964. The van der Waals surface area contributed by atoms with Crippen LogP contribution in [0.1, 0.15) is 19.1 Å². The van der Waals surface area contributed by atoms with Gasteiger partial charge < -0.3 is 4.42 Å². The van der Waals surface area contributed by atoms with Crippen molar-refractivity contribution in [1.29, 1.82) is 0 Å². The highest BCUT2D eigenvalue weighted by Gasteiger charge is 1.95. The minimum Gasteiger partial charge on any atom is -0.465 e. The first-order chi connectivity index (χ1) is 5.34. The van der Waals surface area contributed by atoms with Crippen molar-refractivity contribution in [2.75, 3.05) is 5.33 Å². The highest BCUT2D eigenvalue weighted by molar-refractivity contribution is 9.09. The van der Waals surface area contributed by atoms with Crippen LogP contribution < -0.4 is 0 Å². The molecule has 0 radical (unpaired) electrons. The molecule has 0 aliphatic heterocycles. The largest absolute Gasteiger partial charge is 0.465 e. The Morgan fingerprint density at radius 2 is 2.55 bits per heavy atom. The van der Waals surface area contributed by atoms with Gasteiger partial charge in [-0.05, 0) is 31.1 Å². The van der Waals surface area contributed by atoms with E-state index in [1.54, 1.807) is 6.26 Å². The molecule has 2 heteroatoms. The first kappa shape index (κ1) is 8.60. The molecule has 0 fully saturated rings. The standard InChI is InChI=1S/C9H11BrO/c1-8(4-2-6-10)9-5-3-7-11-9/h3-5,7H,2,6H2,1H3. The fourth-order valence-corrected chi connectivity index (χ4v) is 1.10. The summed E-state index contributed by atoms with van der Waals surface area (Å²) in [6.45, 7) is 2.06. The van der Waals surface area contributed by atoms with E-state index in [9.17, 15) is 0 Å². The van der Waals surface area contributed by atoms with Gasteiger partial charge >= 0.3 is 0 Å². The lowest BCUT2D eigenvalue weighted by Gasteiger charge is -1.93. The summed E-state index contributed by atoms with van der Waals surface area (Å²) in [7, 11) is 0. The Morgan fingerprint density at radius 3 is 3.09 bits per heavy atom. The number of hydrogen-bond donors (Lipinski definition) is 0. The van der Waals surface area contributed by atoms with Crippen LogP contribution >= 0.6 is 15.9 Å². The molecular weight excluding hydrogens is 204 g/mol. The Morgan fingerprint density at radius 1 is 1.73 bits per heavy atom. The van der Waals surface area contributed by atoms with Gasteiger partial charge in [0.1, 0.15) is 5.76 Å². The van der Waals surface area contributed by atoms with E-state index in [1.165, 1.54) is 5.57 Å². The second kappa shape index (κ2) is 4.39. The van der Waals surface area contributed by atoms with Crippen molar-refractivity contribution in [1.82, 2.24) is 0 Å². The molecule has 0 N–H and O–H groups in total. The van der Waals surface area contributed by atoms with Crippen LogP contribution in [0.5, 0.6) is 0 Å². The molecule has 0 aromatic carbocycles. The summed E-state index contributed by atoms with van der Waals surface area (Å²) in [5.41, 5.74) is 1.20. The summed E-state index contributed by atoms with van der Waals surface area (Å²) in [6.07, 6.45) is 4.90. The van der Waals surface area contributed by atoms with Gasteiger partial charge in [0.05, 0.1) is 6.26 Å². The molecule has 0 unspecified atom stereocenters. The lowest BCUT2D eigenvalue weighted by atomic mass is 10.2. The Labute approximate surface area is 75.2 Å². The molecule has 0 aliphatic carbocycles. The van der Waals surface area contributed by atoms with E-state index in [0.717, 1.165) is 17.5 Å². The van der Waals surface area contributed by atoms with Crippen molar-refractivity contribution < 1.29 is 4.42 Å². The quantitative estimate of drug-likeness (QED) is 0.703. The van der Waals surface area contributed by atoms with E-state index in [4.69, 9.17) is 4.42 Å². The van der Waals surface area contributed by atoms with Crippen molar-refractivity contribution in [2.24, 2.45) is 0 Å². The Bertz CT molecular complexity index is 224. The van der Waals surface area contributed by atoms with Crippen LogP contribution in [-0.4, -0.2) is 5.33 Å². The molecule has 1 aromatic rings. The third kappa shape index (κ3) is 2.54. The maximum Gasteiger partial charge on any atom is 0.129 e. The van der Waals surface area contributed by atoms with E-state index in [1.807, 2.05) is 12.1 Å². The summed E-state index contributed by atoms with van der Waals surface area (Å²) < 4.78 is 5.21. The van der Waals surface area contributed by atoms with E-state index in [2.05, 4.69) is 28.9 Å². The highest BCUT2D eigenvalue weighted by Crippen LogP contribution is 2.14. The monoisotopic (exact) mass is 214 g/mol. The average molecular weight is 215 g/mol. The van der Waals surface area contributed by atoms with Gasteiger partial charge in [-0.1, -0.05) is 22.0 Å². The lowest BCUT2D eigenvalue weighted by Crippen LogP contribution is -1.74. The Kier molecular flexibility index (Phi) is 3.43. The summed E-state index contributed by atoms with van der Waals surface area (Å²) in [6, 6.07) is 3.88. The third-order valence-electron chi connectivity index (χ3n) is 1.47. The van der Waals surface area contributed by atoms with Crippen molar-refractivity contribution in [3.8, 4) is 0 Å². The average Bonchev–Trinajstić information content (AvgIpc) is 2.52. The van der Waals surface area contributed by atoms with Crippen LogP contribution in [-0.2, 0) is 0 Å². The van der Waals surface area contributed by atoms with Crippen LogP contribution in [0, 0.1) is 0 Å². The minimum absolute atomic E-state index is 0.964. The van der Waals surface area contributed by atoms with Crippen molar-refractivity contribution in [3.05, 3.63) is 30.2 Å². The van der Waals surface area contributed by atoms with Crippen LogP contribution in [0.2, 0.25) is 0 Å². The molecule has 0 saturated heterocycles. The van der Waals surface area contributed by atoms with Gasteiger partial charge in [-0.3, -0.25) is 0 Å². The van der Waals surface area contributed by atoms with Crippen molar-refractivity contribution in [2.45, 2.75) is 13.3 Å². The van der Waals surface area contributed by atoms with Gasteiger partial charge in [0, 0.05) is 5.33 Å². The molecule has 0 amide bonds. The van der Waals surface area contributed by atoms with E-state index in [-0.39, 0.29) is 0 Å². The van der Waals surface area contributed by atoms with E-state index >= 15 is 0 Å². The molecule has 1 rings (SSSR count). The van der Waals surface area contributed by atoms with E-state index < -0.39 is 0 Å². The zero-order valence-corrected chi connectivity index (χ0v) is 8.10. The lowest BCUT2D eigenvalue weighted by molar-refractivity contribution is 0.552. The van der Waals surface area contributed by atoms with Crippen LogP contribution in [0.15, 0.2) is 28.9 Å². The normalized spacial score (nSPS) is 12.0. The predicted molar refractivity (Wildman–Crippen MR) is 50.8 cm³/mol. The molecule has 0 bridgehead atoms. The Balaban J connectivity index is 2.62. The second-order valence-corrected chi connectivity index (χ2v) is 3.14. The number of rotatable bonds is 3. The summed E-state index contributed by atoms with van der Waals surface area (Å²) in [5, 5.41) is 1.01. The van der Waals surface area contributed by atoms with Crippen LogP contribution in [0.4, 0.5) is 0 Å². The fourth-order valence-electron chi connectivity index (χ4n) is 0.875. The van der Waals surface area contributed by atoms with Gasteiger partial charge in [-0.2, -0.15) is 0 Å². The zero-order valence-electron chi connectivity index (χ0n) is 6.51. The zero-order chi connectivity index (χ0) is 8.10. The molecule has 1 nitrogen and oxygen atoms in total. The number of allylic oxidation sites excluding steroid dienone is 2. The second-order valence-electron chi connectivity index (χ2n) is 2.34. The number of hydrogen-bond acceptors (Lipinski definition) is 1. The molecule has 11 heavy (non-hydrogen) atoms. The number of furan rings is 1. The maximum absolute atomic E-state index is 5.21. The van der Waals surface area contributed by atoms with Gasteiger partial charge in [0.15, 0.2) is 0 Å². The Hall–Kier alpha value is -0.500. The number of alkyl halides is 1. The number of halogens is 1. The molecule has 0 aliphatic rings. The van der Waals surface area contributed by atoms with Gasteiger partial charge in [0.2, 0.25) is 0 Å². The minimum atomic E-state index is 0.964. The molecule has 0 atom stereocenters.